The van der Waals surface area contributed by atoms with Crippen molar-refractivity contribution in [2.45, 2.75) is 33.1 Å². The van der Waals surface area contributed by atoms with Crippen molar-refractivity contribution in [2.75, 3.05) is 11.4 Å². The van der Waals surface area contributed by atoms with Gasteiger partial charge in [0.2, 0.25) is 0 Å². The Bertz CT molecular complexity index is 594. The maximum atomic E-state index is 12.7. The predicted octanol–water partition coefficient (Wildman–Crippen LogP) is 4.65. The van der Waals surface area contributed by atoms with Crippen LogP contribution in [0.2, 0.25) is 0 Å². The number of carbonyl (C=O) groups is 1. The van der Waals surface area contributed by atoms with E-state index in [4.69, 9.17) is 0 Å². The molecule has 0 aliphatic carbocycles. The van der Waals surface area contributed by atoms with Crippen LogP contribution < -0.4 is 4.90 Å². The first-order valence-corrected chi connectivity index (χ1v) is 7.41. The number of hydrogen-bond donors (Lipinski definition) is 0. The third kappa shape index (κ3) is 3.52. The molecule has 0 aliphatic rings. The summed E-state index contributed by atoms with van der Waals surface area (Å²) in [4.78, 5) is 14.5. The molecular weight excluding hydrogens is 258 g/mol. The maximum Gasteiger partial charge on any atom is 0.258 e. The van der Waals surface area contributed by atoms with Crippen molar-refractivity contribution < 1.29 is 4.79 Å². The Morgan fingerprint density at radius 3 is 2.00 bits per heavy atom. The van der Waals surface area contributed by atoms with Gasteiger partial charge in [-0.3, -0.25) is 4.79 Å². The molecule has 0 N–H and O–H groups in total. The molecule has 0 saturated heterocycles. The first kappa shape index (κ1) is 15.3. The lowest BCUT2D eigenvalue weighted by Crippen LogP contribution is -2.30. The largest absolute Gasteiger partial charge is 0.309 e. The van der Waals surface area contributed by atoms with E-state index in [1.54, 1.807) is 4.90 Å². The van der Waals surface area contributed by atoms with Crippen molar-refractivity contribution >= 4 is 11.6 Å². The molecule has 0 saturated carbocycles. The second-order valence-electron chi connectivity index (χ2n) is 6.21. The standard InChI is InChI=1S/C19H23NO/c1-5-20(17-9-7-6-8-10-17)18(21)15-11-13-16(14-12-15)19(2,3)4/h6-14H,5H2,1-4H3. The summed E-state index contributed by atoms with van der Waals surface area (Å²) in [6, 6.07) is 17.7. The minimum atomic E-state index is 0.0455. The number of carbonyl (C=O) groups excluding carboxylic acids is 1. The highest BCUT2D eigenvalue weighted by molar-refractivity contribution is 6.06. The van der Waals surface area contributed by atoms with Crippen LogP contribution in [-0.2, 0) is 5.41 Å². The normalized spacial score (nSPS) is 11.2. The molecule has 0 spiro atoms. The molecule has 1 amide bonds. The Hall–Kier alpha value is -2.09. The third-order valence-corrected chi connectivity index (χ3v) is 3.63. The van der Waals surface area contributed by atoms with Crippen LogP contribution in [0, 0.1) is 0 Å². The van der Waals surface area contributed by atoms with Crippen LogP contribution in [0.15, 0.2) is 54.6 Å². The zero-order chi connectivity index (χ0) is 15.5. The summed E-state index contributed by atoms with van der Waals surface area (Å²) in [6.07, 6.45) is 0. The van der Waals surface area contributed by atoms with Gasteiger partial charge in [-0.25, -0.2) is 0 Å². The van der Waals surface area contributed by atoms with Crippen LogP contribution in [0.25, 0.3) is 0 Å². The molecule has 0 bridgehead atoms. The molecule has 2 aromatic rings. The van der Waals surface area contributed by atoms with Crippen molar-refractivity contribution in [1.82, 2.24) is 0 Å². The lowest BCUT2D eigenvalue weighted by molar-refractivity contribution is 0.0988. The average molecular weight is 281 g/mol. The van der Waals surface area contributed by atoms with E-state index >= 15 is 0 Å². The van der Waals surface area contributed by atoms with E-state index in [2.05, 4.69) is 20.8 Å². The minimum Gasteiger partial charge on any atom is -0.309 e. The lowest BCUT2D eigenvalue weighted by atomic mass is 9.86. The van der Waals surface area contributed by atoms with Gasteiger partial charge in [0.15, 0.2) is 0 Å². The van der Waals surface area contributed by atoms with Crippen molar-refractivity contribution in [3.8, 4) is 0 Å². The summed E-state index contributed by atoms with van der Waals surface area (Å²) in [5, 5.41) is 0. The number of benzene rings is 2. The minimum absolute atomic E-state index is 0.0455. The topological polar surface area (TPSA) is 20.3 Å². The molecule has 2 rings (SSSR count). The molecule has 2 heteroatoms. The molecular formula is C19H23NO. The first-order chi connectivity index (χ1) is 9.93. The molecule has 2 nitrogen and oxygen atoms in total. The van der Waals surface area contributed by atoms with Crippen LogP contribution in [0.4, 0.5) is 5.69 Å². The third-order valence-electron chi connectivity index (χ3n) is 3.63. The summed E-state index contributed by atoms with van der Waals surface area (Å²) < 4.78 is 0. The Labute approximate surface area is 127 Å². The second-order valence-corrected chi connectivity index (χ2v) is 6.21. The number of nitrogens with zero attached hydrogens (tertiary/aromatic N) is 1. The maximum absolute atomic E-state index is 12.7. The van der Waals surface area contributed by atoms with Crippen LogP contribution in [-0.4, -0.2) is 12.5 Å². The van der Waals surface area contributed by atoms with Crippen LogP contribution in [0.1, 0.15) is 43.6 Å². The Morgan fingerprint density at radius 2 is 1.52 bits per heavy atom. The highest BCUT2D eigenvalue weighted by Crippen LogP contribution is 2.23. The summed E-state index contributed by atoms with van der Waals surface area (Å²) in [5.74, 6) is 0.0455. The van der Waals surface area contributed by atoms with E-state index in [1.165, 1.54) is 5.56 Å². The van der Waals surface area contributed by atoms with Gasteiger partial charge in [-0.1, -0.05) is 51.1 Å². The van der Waals surface area contributed by atoms with Gasteiger partial charge in [0.05, 0.1) is 0 Å². The lowest BCUT2D eigenvalue weighted by Gasteiger charge is -2.22. The van der Waals surface area contributed by atoms with E-state index in [9.17, 15) is 4.79 Å². The van der Waals surface area contributed by atoms with Gasteiger partial charge in [-0.15, -0.1) is 0 Å². The first-order valence-electron chi connectivity index (χ1n) is 7.41. The van der Waals surface area contributed by atoms with Gasteiger partial charge in [-0.2, -0.15) is 0 Å². The summed E-state index contributed by atoms with van der Waals surface area (Å²) in [5.41, 5.74) is 3.01. The highest BCUT2D eigenvalue weighted by Gasteiger charge is 2.18. The predicted molar refractivity (Wildman–Crippen MR) is 88.9 cm³/mol. The van der Waals surface area contributed by atoms with Crippen molar-refractivity contribution in [1.29, 1.82) is 0 Å². The fraction of sp³-hybridized carbons (Fsp3) is 0.316. The van der Waals surface area contributed by atoms with Crippen LogP contribution in [0.5, 0.6) is 0 Å². The van der Waals surface area contributed by atoms with Gasteiger partial charge in [-0.05, 0) is 42.2 Å². The van der Waals surface area contributed by atoms with E-state index in [1.807, 2.05) is 61.5 Å². The van der Waals surface area contributed by atoms with Crippen molar-refractivity contribution in [3.05, 3.63) is 65.7 Å². The quantitative estimate of drug-likeness (QED) is 0.802. The number of amides is 1. The highest BCUT2D eigenvalue weighted by atomic mass is 16.2. The fourth-order valence-electron chi connectivity index (χ4n) is 2.32. The average Bonchev–Trinajstić information content (AvgIpc) is 2.48. The van der Waals surface area contributed by atoms with E-state index < -0.39 is 0 Å². The molecule has 0 radical (unpaired) electrons. The molecule has 21 heavy (non-hydrogen) atoms. The molecule has 0 atom stereocenters. The summed E-state index contributed by atoms with van der Waals surface area (Å²) in [7, 11) is 0. The molecule has 0 aromatic heterocycles. The molecule has 0 aliphatic heterocycles. The zero-order valence-corrected chi connectivity index (χ0v) is 13.3. The van der Waals surface area contributed by atoms with E-state index in [0.29, 0.717) is 6.54 Å². The van der Waals surface area contributed by atoms with Crippen LogP contribution in [0.3, 0.4) is 0 Å². The second kappa shape index (κ2) is 6.13. The molecule has 2 aromatic carbocycles. The van der Waals surface area contributed by atoms with Crippen molar-refractivity contribution in [3.63, 3.8) is 0 Å². The Balaban J connectivity index is 2.26. The fourth-order valence-corrected chi connectivity index (χ4v) is 2.32. The van der Waals surface area contributed by atoms with Gasteiger partial charge in [0.1, 0.15) is 0 Å². The summed E-state index contributed by atoms with van der Waals surface area (Å²) >= 11 is 0. The molecule has 0 heterocycles. The number of hydrogen-bond acceptors (Lipinski definition) is 1. The molecule has 0 fully saturated rings. The Kier molecular flexibility index (Phi) is 4.46. The van der Waals surface area contributed by atoms with Crippen molar-refractivity contribution in [2.24, 2.45) is 0 Å². The molecule has 110 valence electrons. The van der Waals surface area contributed by atoms with Gasteiger partial charge < -0.3 is 4.90 Å². The number of para-hydroxylation sites is 1. The Morgan fingerprint density at radius 1 is 0.952 bits per heavy atom. The van der Waals surface area contributed by atoms with E-state index in [0.717, 1.165) is 11.3 Å². The smallest absolute Gasteiger partial charge is 0.258 e. The number of anilines is 1. The SMILES string of the molecule is CCN(C(=O)c1ccc(C(C)(C)C)cc1)c1ccccc1. The van der Waals surface area contributed by atoms with Crippen LogP contribution >= 0.6 is 0 Å². The van der Waals surface area contributed by atoms with Gasteiger partial charge in [0.25, 0.3) is 5.91 Å². The number of rotatable bonds is 3. The van der Waals surface area contributed by atoms with Gasteiger partial charge in [0, 0.05) is 17.8 Å². The zero-order valence-electron chi connectivity index (χ0n) is 13.3. The monoisotopic (exact) mass is 281 g/mol. The summed E-state index contributed by atoms with van der Waals surface area (Å²) in [6.45, 7) is 9.17. The van der Waals surface area contributed by atoms with E-state index in [-0.39, 0.29) is 11.3 Å². The molecule has 0 unspecified atom stereocenters. The van der Waals surface area contributed by atoms with Gasteiger partial charge >= 0.3 is 0 Å².